The molecule has 1 fully saturated rings. The molecule has 1 aromatic rings. The highest BCUT2D eigenvalue weighted by molar-refractivity contribution is 7.15. The Labute approximate surface area is 196 Å². The topological polar surface area (TPSA) is 65.1 Å². The SMILES string of the molecule is COCC(COC)N(c1cc(C#CC(C)(C)C)sc1C(=O)OC)C(=O)[C@H]1CC[C@H](C)CC1. The van der Waals surface area contributed by atoms with Gasteiger partial charge in [0.1, 0.15) is 4.88 Å². The average molecular weight is 464 g/mol. The van der Waals surface area contributed by atoms with Gasteiger partial charge >= 0.3 is 5.97 Å². The highest BCUT2D eigenvalue weighted by Crippen LogP contribution is 2.36. The van der Waals surface area contributed by atoms with E-state index in [9.17, 15) is 9.59 Å². The van der Waals surface area contributed by atoms with E-state index >= 15 is 0 Å². The molecule has 1 heterocycles. The van der Waals surface area contributed by atoms with Crippen molar-refractivity contribution in [3.8, 4) is 11.8 Å². The van der Waals surface area contributed by atoms with Crippen molar-refractivity contribution in [2.45, 2.75) is 59.4 Å². The van der Waals surface area contributed by atoms with Crippen LogP contribution >= 0.6 is 11.3 Å². The lowest BCUT2D eigenvalue weighted by atomic mass is 9.82. The van der Waals surface area contributed by atoms with E-state index in [0.29, 0.717) is 29.7 Å². The van der Waals surface area contributed by atoms with Gasteiger partial charge in [-0.3, -0.25) is 4.79 Å². The maximum absolute atomic E-state index is 13.8. The first-order valence-electron chi connectivity index (χ1n) is 11.2. The van der Waals surface area contributed by atoms with Gasteiger partial charge in [0.15, 0.2) is 0 Å². The molecule has 0 aromatic carbocycles. The fourth-order valence-electron chi connectivity index (χ4n) is 3.89. The number of esters is 1. The molecule has 1 aliphatic rings. The van der Waals surface area contributed by atoms with Crippen molar-refractivity contribution in [2.24, 2.45) is 17.3 Å². The fraction of sp³-hybridized carbons (Fsp3) is 0.680. The molecule has 0 bridgehead atoms. The molecule has 0 unspecified atom stereocenters. The maximum Gasteiger partial charge on any atom is 0.350 e. The molecular weight excluding hydrogens is 426 g/mol. The predicted molar refractivity (Wildman–Crippen MR) is 128 cm³/mol. The zero-order valence-corrected chi connectivity index (χ0v) is 21.3. The number of nitrogens with zero attached hydrogens (tertiary/aromatic N) is 1. The Hall–Kier alpha value is -1.88. The molecule has 0 atom stereocenters. The third-order valence-corrected chi connectivity index (χ3v) is 6.61. The highest BCUT2D eigenvalue weighted by Gasteiger charge is 2.36. The molecule has 32 heavy (non-hydrogen) atoms. The molecule has 7 heteroatoms. The van der Waals surface area contributed by atoms with Crippen LogP contribution in [-0.2, 0) is 19.0 Å². The molecule has 178 valence electrons. The number of rotatable bonds is 8. The van der Waals surface area contributed by atoms with Crippen molar-refractivity contribution in [1.29, 1.82) is 0 Å². The van der Waals surface area contributed by atoms with E-state index in [4.69, 9.17) is 14.2 Å². The molecule has 2 rings (SSSR count). The van der Waals surface area contributed by atoms with Crippen LogP contribution in [0.4, 0.5) is 5.69 Å². The van der Waals surface area contributed by atoms with Crippen LogP contribution in [0.2, 0.25) is 0 Å². The van der Waals surface area contributed by atoms with E-state index in [1.165, 1.54) is 18.4 Å². The lowest BCUT2D eigenvalue weighted by Gasteiger charge is -2.35. The van der Waals surface area contributed by atoms with Crippen LogP contribution in [0.15, 0.2) is 6.07 Å². The molecule has 1 amide bonds. The largest absolute Gasteiger partial charge is 0.465 e. The van der Waals surface area contributed by atoms with Crippen LogP contribution in [0.3, 0.4) is 0 Å². The monoisotopic (exact) mass is 463 g/mol. The minimum absolute atomic E-state index is 0.00860. The lowest BCUT2D eigenvalue weighted by molar-refractivity contribution is -0.124. The zero-order chi connectivity index (χ0) is 23.9. The number of ether oxygens (including phenoxy) is 3. The van der Waals surface area contributed by atoms with E-state index in [-0.39, 0.29) is 23.3 Å². The molecule has 1 saturated carbocycles. The van der Waals surface area contributed by atoms with Crippen LogP contribution in [0.5, 0.6) is 0 Å². The van der Waals surface area contributed by atoms with Crippen molar-refractivity contribution in [3.63, 3.8) is 0 Å². The summed E-state index contributed by atoms with van der Waals surface area (Å²) in [7, 11) is 4.55. The van der Waals surface area contributed by atoms with Gasteiger partial charge in [-0.05, 0) is 58.4 Å². The van der Waals surface area contributed by atoms with Crippen molar-refractivity contribution >= 4 is 28.9 Å². The summed E-state index contributed by atoms with van der Waals surface area (Å²) in [5.41, 5.74) is 0.348. The van der Waals surface area contributed by atoms with Crippen molar-refractivity contribution in [1.82, 2.24) is 0 Å². The van der Waals surface area contributed by atoms with Gasteiger partial charge in [0.2, 0.25) is 5.91 Å². The second-order valence-electron chi connectivity index (χ2n) is 9.55. The fourth-order valence-corrected chi connectivity index (χ4v) is 4.81. The van der Waals surface area contributed by atoms with Gasteiger partial charge in [0.05, 0.1) is 36.9 Å². The summed E-state index contributed by atoms with van der Waals surface area (Å²) in [4.78, 5) is 29.3. The Morgan fingerprint density at radius 2 is 1.72 bits per heavy atom. The van der Waals surface area contributed by atoms with Crippen LogP contribution in [0.1, 0.15) is 67.9 Å². The van der Waals surface area contributed by atoms with E-state index in [1.807, 2.05) is 26.8 Å². The summed E-state index contributed by atoms with van der Waals surface area (Å²) in [6, 6.07) is 1.47. The van der Waals surface area contributed by atoms with Gasteiger partial charge in [-0.1, -0.05) is 18.8 Å². The van der Waals surface area contributed by atoms with Crippen LogP contribution in [-0.4, -0.2) is 52.5 Å². The van der Waals surface area contributed by atoms with E-state index in [2.05, 4.69) is 18.8 Å². The first-order chi connectivity index (χ1) is 15.1. The van der Waals surface area contributed by atoms with Crippen LogP contribution < -0.4 is 4.90 Å². The molecule has 1 aromatic heterocycles. The summed E-state index contributed by atoms with van der Waals surface area (Å²) in [5, 5.41) is 0. The number of methoxy groups -OCH3 is 3. The van der Waals surface area contributed by atoms with Gasteiger partial charge in [0.25, 0.3) is 0 Å². The predicted octanol–water partition coefficient (Wildman–Crippen LogP) is 4.75. The van der Waals surface area contributed by atoms with Crippen molar-refractivity contribution in [2.75, 3.05) is 39.4 Å². The standard InChI is InChI=1S/C25H37NO5S/c1-17-8-10-18(11-9-17)23(27)26(19(15-29-5)16-30-6)21-14-20(12-13-25(2,3)4)32-22(21)24(28)31-7/h14,17-19H,8-11,15-16H2,1-7H3/t17-,18-. The second kappa shape index (κ2) is 11.8. The molecule has 0 radical (unpaired) electrons. The summed E-state index contributed by atoms with van der Waals surface area (Å²) < 4.78 is 15.9. The maximum atomic E-state index is 13.8. The van der Waals surface area contributed by atoms with E-state index in [1.54, 1.807) is 19.1 Å². The number of carbonyl (C=O) groups excluding carboxylic acids is 2. The lowest BCUT2D eigenvalue weighted by Crippen LogP contribution is -2.49. The smallest absolute Gasteiger partial charge is 0.350 e. The summed E-state index contributed by atoms with van der Waals surface area (Å²) in [5.74, 6) is 6.45. The molecule has 6 nitrogen and oxygen atoms in total. The molecule has 0 saturated heterocycles. The molecule has 0 aliphatic heterocycles. The first kappa shape index (κ1) is 26.4. The number of amides is 1. The number of hydrogen-bond acceptors (Lipinski definition) is 6. The average Bonchev–Trinajstić information content (AvgIpc) is 3.16. The Balaban J connectivity index is 2.57. The number of anilines is 1. The molecular formula is C25H37NO5S. The minimum Gasteiger partial charge on any atom is -0.465 e. The van der Waals surface area contributed by atoms with Gasteiger partial charge in [-0.2, -0.15) is 0 Å². The Morgan fingerprint density at radius 1 is 1.12 bits per heavy atom. The molecule has 0 spiro atoms. The second-order valence-corrected chi connectivity index (χ2v) is 10.6. The zero-order valence-electron chi connectivity index (χ0n) is 20.4. The third-order valence-electron chi connectivity index (χ3n) is 5.59. The van der Waals surface area contributed by atoms with Crippen LogP contribution in [0, 0.1) is 29.1 Å². The first-order valence-corrected chi connectivity index (χ1v) is 12.0. The summed E-state index contributed by atoms with van der Waals surface area (Å²) in [6.07, 6.45) is 3.74. The normalized spacial score (nSPS) is 18.8. The molecule has 1 aliphatic carbocycles. The quantitative estimate of drug-likeness (QED) is 0.411. The number of hydrogen-bond donors (Lipinski definition) is 0. The highest BCUT2D eigenvalue weighted by atomic mass is 32.1. The summed E-state index contributed by atoms with van der Waals surface area (Å²) in [6.45, 7) is 8.91. The Morgan fingerprint density at radius 3 is 2.22 bits per heavy atom. The van der Waals surface area contributed by atoms with E-state index in [0.717, 1.165) is 30.6 Å². The van der Waals surface area contributed by atoms with Gasteiger partial charge in [-0.25, -0.2) is 4.79 Å². The third kappa shape index (κ3) is 7.06. The van der Waals surface area contributed by atoms with Gasteiger partial charge in [0, 0.05) is 25.6 Å². The Kier molecular flexibility index (Phi) is 9.75. The van der Waals surface area contributed by atoms with E-state index < -0.39 is 5.97 Å². The minimum atomic E-state index is -0.475. The van der Waals surface area contributed by atoms with Gasteiger partial charge in [-0.15, -0.1) is 11.3 Å². The molecule has 0 N–H and O–H groups in total. The Bertz CT molecular complexity index is 831. The van der Waals surface area contributed by atoms with Crippen molar-refractivity contribution in [3.05, 3.63) is 15.8 Å². The van der Waals surface area contributed by atoms with Crippen LogP contribution in [0.25, 0.3) is 0 Å². The number of carbonyl (C=O) groups is 2. The number of thiophene rings is 1. The summed E-state index contributed by atoms with van der Waals surface area (Å²) >= 11 is 1.26. The van der Waals surface area contributed by atoms with Gasteiger partial charge < -0.3 is 19.1 Å². The van der Waals surface area contributed by atoms with Crippen molar-refractivity contribution < 1.29 is 23.8 Å².